The van der Waals surface area contributed by atoms with Gasteiger partial charge in [0.25, 0.3) is 0 Å². The molecule has 1 heterocycles. The molecule has 0 atom stereocenters. The SMILES string of the molecule is CCOc1ccccc1OCC(=O)c1cc(C)n(C(C)(C)C)c1C. The van der Waals surface area contributed by atoms with Crippen molar-refractivity contribution in [2.45, 2.75) is 47.1 Å². The largest absolute Gasteiger partial charge is 0.490 e. The summed E-state index contributed by atoms with van der Waals surface area (Å²) in [6.07, 6.45) is 0. The molecule has 1 aromatic heterocycles. The summed E-state index contributed by atoms with van der Waals surface area (Å²) in [5.74, 6) is 1.23. The van der Waals surface area contributed by atoms with Gasteiger partial charge in [-0.05, 0) is 59.7 Å². The lowest BCUT2D eigenvalue weighted by Crippen LogP contribution is -2.24. The van der Waals surface area contributed by atoms with Gasteiger partial charge < -0.3 is 14.0 Å². The molecule has 24 heavy (non-hydrogen) atoms. The van der Waals surface area contributed by atoms with Gasteiger partial charge in [0, 0.05) is 22.5 Å². The summed E-state index contributed by atoms with van der Waals surface area (Å²) in [5.41, 5.74) is 2.72. The van der Waals surface area contributed by atoms with Crippen LogP contribution in [0.25, 0.3) is 0 Å². The highest BCUT2D eigenvalue weighted by Gasteiger charge is 2.23. The van der Waals surface area contributed by atoms with Crippen molar-refractivity contribution in [1.82, 2.24) is 4.57 Å². The predicted octanol–water partition coefficient (Wildman–Crippen LogP) is 4.52. The van der Waals surface area contributed by atoms with Gasteiger partial charge in [0.2, 0.25) is 5.78 Å². The smallest absolute Gasteiger partial charge is 0.202 e. The molecule has 0 radical (unpaired) electrons. The average Bonchev–Trinajstić information content (AvgIpc) is 2.81. The van der Waals surface area contributed by atoms with Crippen molar-refractivity contribution in [2.75, 3.05) is 13.2 Å². The van der Waals surface area contributed by atoms with E-state index in [2.05, 4.69) is 25.3 Å². The molecule has 0 bridgehead atoms. The van der Waals surface area contributed by atoms with E-state index >= 15 is 0 Å². The number of carbonyl (C=O) groups is 1. The van der Waals surface area contributed by atoms with E-state index in [1.165, 1.54) is 0 Å². The van der Waals surface area contributed by atoms with Crippen molar-refractivity contribution in [3.8, 4) is 11.5 Å². The Morgan fingerprint density at radius 3 is 2.17 bits per heavy atom. The summed E-state index contributed by atoms with van der Waals surface area (Å²) >= 11 is 0. The van der Waals surface area contributed by atoms with Gasteiger partial charge in [-0.3, -0.25) is 4.79 Å². The molecule has 0 spiro atoms. The van der Waals surface area contributed by atoms with Crippen LogP contribution in [0.1, 0.15) is 49.4 Å². The van der Waals surface area contributed by atoms with Crippen LogP contribution in [-0.2, 0) is 5.54 Å². The van der Waals surface area contributed by atoms with Crippen LogP contribution in [0.2, 0.25) is 0 Å². The second kappa shape index (κ2) is 7.12. The fraction of sp³-hybridized carbons (Fsp3) is 0.450. The number of rotatable bonds is 6. The number of hydrogen-bond donors (Lipinski definition) is 0. The molecule has 0 aliphatic carbocycles. The number of nitrogens with zero attached hydrogens (tertiary/aromatic N) is 1. The molecule has 2 aromatic rings. The number of hydrogen-bond acceptors (Lipinski definition) is 3. The van der Waals surface area contributed by atoms with Gasteiger partial charge in [-0.15, -0.1) is 0 Å². The molecule has 0 N–H and O–H groups in total. The van der Waals surface area contributed by atoms with Gasteiger partial charge in [0.05, 0.1) is 6.61 Å². The lowest BCUT2D eigenvalue weighted by Gasteiger charge is -2.25. The third-order valence-electron chi connectivity index (χ3n) is 3.91. The van der Waals surface area contributed by atoms with Gasteiger partial charge in [0.15, 0.2) is 18.1 Å². The van der Waals surface area contributed by atoms with E-state index in [4.69, 9.17) is 9.47 Å². The monoisotopic (exact) mass is 329 g/mol. The Morgan fingerprint density at radius 2 is 1.67 bits per heavy atom. The molecular weight excluding hydrogens is 302 g/mol. The Kier molecular flexibility index (Phi) is 5.37. The van der Waals surface area contributed by atoms with Gasteiger partial charge >= 0.3 is 0 Å². The molecule has 4 heteroatoms. The van der Waals surface area contributed by atoms with Crippen molar-refractivity contribution in [2.24, 2.45) is 0 Å². The van der Waals surface area contributed by atoms with Crippen LogP contribution in [-0.4, -0.2) is 23.6 Å². The molecule has 0 aliphatic heterocycles. The Balaban J connectivity index is 2.17. The van der Waals surface area contributed by atoms with Gasteiger partial charge in [0.1, 0.15) is 0 Å². The second-order valence-corrected chi connectivity index (χ2v) is 6.88. The maximum Gasteiger partial charge on any atom is 0.202 e. The van der Waals surface area contributed by atoms with Crippen molar-refractivity contribution >= 4 is 5.78 Å². The van der Waals surface area contributed by atoms with E-state index in [1.54, 1.807) is 0 Å². The number of benzene rings is 1. The first kappa shape index (κ1) is 18.1. The van der Waals surface area contributed by atoms with Crippen LogP contribution in [0.4, 0.5) is 0 Å². The van der Waals surface area contributed by atoms with Gasteiger partial charge in [-0.25, -0.2) is 0 Å². The average molecular weight is 329 g/mol. The number of aromatic nitrogens is 1. The highest BCUT2D eigenvalue weighted by molar-refractivity contribution is 5.98. The number of ether oxygens (including phenoxy) is 2. The van der Waals surface area contributed by atoms with Crippen LogP contribution < -0.4 is 9.47 Å². The number of para-hydroxylation sites is 2. The lowest BCUT2D eigenvalue weighted by atomic mass is 10.1. The zero-order valence-electron chi connectivity index (χ0n) is 15.5. The minimum absolute atomic E-state index is 0.00146. The van der Waals surface area contributed by atoms with E-state index in [1.807, 2.05) is 51.1 Å². The lowest BCUT2D eigenvalue weighted by molar-refractivity contribution is 0.0918. The van der Waals surface area contributed by atoms with E-state index < -0.39 is 0 Å². The molecule has 0 unspecified atom stereocenters. The summed E-state index contributed by atoms with van der Waals surface area (Å²) in [5, 5.41) is 0. The Labute approximate surface area is 144 Å². The Bertz CT molecular complexity index is 723. The number of aryl methyl sites for hydroxylation is 1. The summed E-state index contributed by atoms with van der Waals surface area (Å²) in [6.45, 7) is 12.9. The standard InChI is InChI=1S/C20H27NO3/c1-7-23-18-10-8-9-11-19(18)24-13-17(22)16-12-14(2)21(15(16)3)20(4,5)6/h8-12H,7,13H2,1-6H3. The summed E-state index contributed by atoms with van der Waals surface area (Å²) in [7, 11) is 0. The van der Waals surface area contributed by atoms with Crippen LogP contribution in [0, 0.1) is 13.8 Å². The van der Waals surface area contributed by atoms with Crippen LogP contribution in [0.5, 0.6) is 11.5 Å². The third-order valence-corrected chi connectivity index (χ3v) is 3.91. The van der Waals surface area contributed by atoms with E-state index in [9.17, 15) is 4.79 Å². The second-order valence-electron chi connectivity index (χ2n) is 6.88. The third kappa shape index (κ3) is 3.81. The first-order valence-corrected chi connectivity index (χ1v) is 8.33. The highest BCUT2D eigenvalue weighted by Crippen LogP contribution is 2.28. The number of Topliss-reactive ketones (excluding diaryl/α,β-unsaturated/α-hetero) is 1. The fourth-order valence-electron chi connectivity index (χ4n) is 3.14. The zero-order chi connectivity index (χ0) is 17.9. The normalized spacial score (nSPS) is 11.4. The molecule has 0 aliphatic rings. The minimum atomic E-state index is -0.0604. The topological polar surface area (TPSA) is 40.5 Å². The van der Waals surface area contributed by atoms with Crippen molar-refractivity contribution in [3.05, 3.63) is 47.3 Å². The Morgan fingerprint density at radius 1 is 1.08 bits per heavy atom. The van der Waals surface area contributed by atoms with Crippen molar-refractivity contribution in [1.29, 1.82) is 0 Å². The first-order valence-electron chi connectivity index (χ1n) is 8.33. The van der Waals surface area contributed by atoms with Crippen LogP contribution in [0.3, 0.4) is 0 Å². The van der Waals surface area contributed by atoms with Crippen molar-refractivity contribution in [3.63, 3.8) is 0 Å². The predicted molar refractivity (Wildman–Crippen MR) is 96.3 cm³/mol. The van der Waals surface area contributed by atoms with Gasteiger partial charge in [-0.2, -0.15) is 0 Å². The van der Waals surface area contributed by atoms with Crippen LogP contribution >= 0.6 is 0 Å². The first-order chi connectivity index (χ1) is 11.3. The number of ketones is 1. The molecule has 0 fully saturated rings. The van der Waals surface area contributed by atoms with Gasteiger partial charge in [-0.1, -0.05) is 12.1 Å². The number of carbonyl (C=O) groups excluding carboxylic acids is 1. The molecule has 0 amide bonds. The minimum Gasteiger partial charge on any atom is -0.490 e. The maximum atomic E-state index is 12.6. The molecule has 0 saturated heterocycles. The highest BCUT2D eigenvalue weighted by atomic mass is 16.5. The molecule has 0 saturated carbocycles. The summed E-state index contributed by atoms with van der Waals surface area (Å²) in [6, 6.07) is 9.36. The zero-order valence-corrected chi connectivity index (χ0v) is 15.5. The Hall–Kier alpha value is -2.23. The van der Waals surface area contributed by atoms with E-state index in [0.29, 0.717) is 18.1 Å². The molecule has 130 valence electrons. The van der Waals surface area contributed by atoms with E-state index in [0.717, 1.165) is 17.0 Å². The fourth-order valence-corrected chi connectivity index (χ4v) is 3.14. The molecule has 2 rings (SSSR count). The van der Waals surface area contributed by atoms with E-state index in [-0.39, 0.29) is 17.9 Å². The quantitative estimate of drug-likeness (QED) is 0.732. The molecule has 1 aromatic carbocycles. The molecule has 4 nitrogen and oxygen atoms in total. The van der Waals surface area contributed by atoms with Crippen molar-refractivity contribution < 1.29 is 14.3 Å². The van der Waals surface area contributed by atoms with Crippen LogP contribution in [0.15, 0.2) is 30.3 Å². The summed E-state index contributed by atoms with van der Waals surface area (Å²) < 4.78 is 13.4. The summed E-state index contributed by atoms with van der Waals surface area (Å²) in [4.78, 5) is 12.6. The maximum absolute atomic E-state index is 12.6. The molecular formula is C20H27NO3.